The zero-order valence-electron chi connectivity index (χ0n) is 13.8. The molecule has 0 atom stereocenters. The van der Waals surface area contributed by atoms with E-state index in [9.17, 15) is 9.90 Å². The zero-order valence-corrected chi connectivity index (χ0v) is 13.8. The van der Waals surface area contributed by atoms with E-state index in [0.717, 1.165) is 11.1 Å². The monoisotopic (exact) mass is 318 g/mol. The molecule has 1 aromatic carbocycles. The van der Waals surface area contributed by atoms with Crippen molar-refractivity contribution in [2.24, 2.45) is 0 Å². The van der Waals surface area contributed by atoms with Crippen LogP contribution in [0.25, 0.3) is 11.5 Å². The SMILES string of the molecule is CCc1noc(-c2ccc(C)c(NC(=O)NC(C)(C)CO)c2)n1. The van der Waals surface area contributed by atoms with E-state index in [2.05, 4.69) is 20.8 Å². The van der Waals surface area contributed by atoms with Gasteiger partial charge in [-0.3, -0.25) is 0 Å². The number of hydrogen-bond acceptors (Lipinski definition) is 5. The van der Waals surface area contributed by atoms with E-state index in [1.807, 2.05) is 26.0 Å². The molecule has 0 spiro atoms. The van der Waals surface area contributed by atoms with E-state index in [4.69, 9.17) is 4.52 Å². The van der Waals surface area contributed by atoms with Crippen molar-refractivity contribution in [1.82, 2.24) is 15.5 Å². The fourth-order valence-electron chi connectivity index (χ4n) is 1.90. The highest BCUT2D eigenvalue weighted by molar-refractivity contribution is 5.91. The highest BCUT2D eigenvalue weighted by Crippen LogP contribution is 2.24. The Bertz CT molecular complexity index is 694. The van der Waals surface area contributed by atoms with Gasteiger partial charge in [-0.1, -0.05) is 18.1 Å². The number of amides is 2. The molecular formula is C16H22N4O3. The van der Waals surface area contributed by atoms with E-state index in [-0.39, 0.29) is 12.6 Å². The fraction of sp³-hybridized carbons (Fsp3) is 0.438. The van der Waals surface area contributed by atoms with Gasteiger partial charge < -0.3 is 20.3 Å². The summed E-state index contributed by atoms with van der Waals surface area (Å²) in [5.41, 5.74) is 1.59. The summed E-state index contributed by atoms with van der Waals surface area (Å²) in [6, 6.07) is 5.14. The molecule has 0 aliphatic rings. The maximum absolute atomic E-state index is 12.1. The number of carbonyl (C=O) groups is 1. The van der Waals surface area contributed by atoms with Crippen LogP contribution in [0.1, 0.15) is 32.2 Å². The van der Waals surface area contributed by atoms with Crippen molar-refractivity contribution in [2.45, 2.75) is 39.7 Å². The van der Waals surface area contributed by atoms with Crippen molar-refractivity contribution in [3.8, 4) is 11.5 Å². The van der Waals surface area contributed by atoms with Crippen LogP contribution in [0.5, 0.6) is 0 Å². The molecule has 2 aromatic rings. The third-order valence-corrected chi connectivity index (χ3v) is 3.36. The minimum absolute atomic E-state index is 0.152. The summed E-state index contributed by atoms with van der Waals surface area (Å²) < 4.78 is 5.22. The Hall–Kier alpha value is -2.41. The number of urea groups is 1. The lowest BCUT2D eigenvalue weighted by Gasteiger charge is -2.23. The van der Waals surface area contributed by atoms with E-state index < -0.39 is 5.54 Å². The number of aliphatic hydroxyl groups excluding tert-OH is 1. The van der Waals surface area contributed by atoms with Crippen molar-refractivity contribution < 1.29 is 14.4 Å². The number of anilines is 1. The van der Waals surface area contributed by atoms with Gasteiger partial charge in [0.05, 0.1) is 12.1 Å². The lowest BCUT2D eigenvalue weighted by Crippen LogP contribution is -2.48. The lowest BCUT2D eigenvalue weighted by atomic mass is 10.1. The number of aryl methyl sites for hydroxylation is 2. The second kappa shape index (κ2) is 6.78. The first-order valence-electron chi connectivity index (χ1n) is 7.48. The van der Waals surface area contributed by atoms with Crippen LogP contribution in [-0.4, -0.2) is 33.4 Å². The molecular weight excluding hydrogens is 296 g/mol. The molecule has 2 amide bonds. The molecule has 0 unspecified atom stereocenters. The zero-order chi connectivity index (χ0) is 17.0. The first kappa shape index (κ1) is 17.0. The highest BCUT2D eigenvalue weighted by atomic mass is 16.5. The van der Waals surface area contributed by atoms with Crippen molar-refractivity contribution in [3.63, 3.8) is 0 Å². The number of nitrogens with one attached hydrogen (secondary N) is 2. The van der Waals surface area contributed by atoms with E-state index in [1.54, 1.807) is 19.9 Å². The first-order valence-corrected chi connectivity index (χ1v) is 7.48. The summed E-state index contributed by atoms with van der Waals surface area (Å²) in [6.45, 7) is 7.16. The van der Waals surface area contributed by atoms with E-state index in [1.165, 1.54) is 0 Å². The predicted octanol–water partition coefficient (Wildman–Crippen LogP) is 2.50. The highest BCUT2D eigenvalue weighted by Gasteiger charge is 2.19. The minimum Gasteiger partial charge on any atom is -0.394 e. The molecule has 0 saturated heterocycles. The Morgan fingerprint density at radius 3 is 2.74 bits per heavy atom. The lowest BCUT2D eigenvalue weighted by molar-refractivity contribution is 0.187. The van der Waals surface area contributed by atoms with Crippen molar-refractivity contribution in [3.05, 3.63) is 29.6 Å². The summed E-state index contributed by atoms with van der Waals surface area (Å²) in [5.74, 6) is 1.05. The normalized spacial score (nSPS) is 11.3. The maximum atomic E-state index is 12.1. The summed E-state index contributed by atoms with van der Waals surface area (Å²) >= 11 is 0. The summed E-state index contributed by atoms with van der Waals surface area (Å²) in [5, 5.41) is 18.6. The van der Waals surface area contributed by atoms with Gasteiger partial charge in [-0.25, -0.2) is 4.79 Å². The molecule has 1 heterocycles. The van der Waals surface area contributed by atoms with E-state index >= 15 is 0 Å². The molecule has 124 valence electrons. The molecule has 2 rings (SSSR count). The quantitative estimate of drug-likeness (QED) is 0.786. The maximum Gasteiger partial charge on any atom is 0.319 e. The number of benzene rings is 1. The Morgan fingerprint density at radius 2 is 2.13 bits per heavy atom. The average molecular weight is 318 g/mol. The molecule has 0 saturated carbocycles. The topological polar surface area (TPSA) is 100 Å². The molecule has 1 aromatic heterocycles. The van der Waals surface area contributed by atoms with Gasteiger partial charge in [-0.15, -0.1) is 0 Å². The van der Waals surface area contributed by atoms with Crippen LogP contribution in [0.3, 0.4) is 0 Å². The molecule has 3 N–H and O–H groups in total. The average Bonchev–Trinajstić information content (AvgIpc) is 2.98. The van der Waals surface area contributed by atoms with E-state index in [0.29, 0.717) is 23.8 Å². The van der Waals surface area contributed by atoms with Gasteiger partial charge in [0.15, 0.2) is 5.82 Å². The Kier molecular flexibility index (Phi) is 5.00. The second-order valence-corrected chi connectivity index (χ2v) is 6.02. The summed E-state index contributed by atoms with van der Waals surface area (Å²) in [4.78, 5) is 16.3. The molecule has 0 bridgehead atoms. The summed E-state index contributed by atoms with van der Waals surface area (Å²) in [7, 11) is 0. The van der Waals surface area contributed by atoms with Crippen LogP contribution in [0, 0.1) is 6.92 Å². The number of aromatic nitrogens is 2. The van der Waals surface area contributed by atoms with Crippen molar-refractivity contribution in [1.29, 1.82) is 0 Å². The molecule has 0 fully saturated rings. The number of aliphatic hydroxyl groups is 1. The summed E-state index contributed by atoms with van der Waals surface area (Å²) in [6.07, 6.45) is 0.694. The van der Waals surface area contributed by atoms with Crippen LogP contribution >= 0.6 is 0 Å². The van der Waals surface area contributed by atoms with Crippen LogP contribution in [-0.2, 0) is 6.42 Å². The standard InChI is InChI=1S/C16H22N4O3/c1-5-13-18-14(23-20-13)11-7-6-10(2)12(8-11)17-15(22)19-16(3,4)9-21/h6-8,21H,5,9H2,1-4H3,(H2,17,19,22). The van der Waals surface area contributed by atoms with Gasteiger partial charge >= 0.3 is 6.03 Å². The van der Waals surface area contributed by atoms with Crippen LogP contribution in [0.15, 0.2) is 22.7 Å². The van der Waals surface area contributed by atoms with Gasteiger partial charge in [0.2, 0.25) is 0 Å². The van der Waals surface area contributed by atoms with Gasteiger partial charge in [-0.2, -0.15) is 4.98 Å². The van der Waals surface area contributed by atoms with Gasteiger partial charge in [0.1, 0.15) is 0 Å². The molecule has 0 radical (unpaired) electrons. The van der Waals surface area contributed by atoms with Crippen LogP contribution < -0.4 is 10.6 Å². The third-order valence-electron chi connectivity index (χ3n) is 3.36. The number of hydrogen-bond donors (Lipinski definition) is 3. The Morgan fingerprint density at radius 1 is 1.39 bits per heavy atom. The van der Waals surface area contributed by atoms with Gasteiger partial charge in [0.25, 0.3) is 5.89 Å². The fourth-order valence-corrected chi connectivity index (χ4v) is 1.90. The Labute approximate surface area is 135 Å². The second-order valence-electron chi connectivity index (χ2n) is 6.02. The smallest absolute Gasteiger partial charge is 0.319 e. The number of nitrogens with zero attached hydrogens (tertiary/aromatic N) is 2. The molecule has 7 nitrogen and oxygen atoms in total. The minimum atomic E-state index is -0.696. The molecule has 7 heteroatoms. The predicted molar refractivity (Wildman–Crippen MR) is 87.2 cm³/mol. The molecule has 23 heavy (non-hydrogen) atoms. The Balaban J connectivity index is 2.19. The van der Waals surface area contributed by atoms with Crippen molar-refractivity contribution >= 4 is 11.7 Å². The van der Waals surface area contributed by atoms with Crippen LogP contribution in [0.4, 0.5) is 10.5 Å². The first-order chi connectivity index (χ1) is 10.8. The molecule has 0 aliphatic heterocycles. The number of carbonyl (C=O) groups excluding carboxylic acids is 1. The van der Waals surface area contributed by atoms with Gasteiger partial charge in [0, 0.05) is 17.7 Å². The van der Waals surface area contributed by atoms with Crippen LogP contribution in [0.2, 0.25) is 0 Å². The largest absolute Gasteiger partial charge is 0.394 e. The van der Waals surface area contributed by atoms with Gasteiger partial charge in [-0.05, 0) is 38.5 Å². The van der Waals surface area contributed by atoms with Crippen molar-refractivity contribution in [2.75, 3.05) is 11.9 Å². The third kappa shape index (κ3) is 4.29. The number of rotatable bonds is 5. The molecule has 0 aliphatic carbocycles.